The molecule has 0 aliphatic rings. The number of anilines is 2. The minimum absolute atomic E-state index is 0.0408. The third-order valence-electron chi connectivity index (χ3n) is 2.46. The summed E-state index contributed by atoms with van der Waals surface area (Å²) in [7, 11) is -4.26. The van der Waals surface area contributed by atoms with E-state index < -0.39 is 26.4 Å². The lowest BCUT2D eigenvalue weighted by Gasteiger charge is -2.11. The Hall–Kier alpha value is -1.34. The van der Waals surface area contributed by atoms with Gasteiger partial charge in [-0.25, -0.2) is 12.8 Å². The van der Waals surface area contributed by atoms with Crippen molar-refractivity contribution in [2.45, 2.75) is 4.90 Å². The van der Waals surface area contributed by atoms with E-state index in [4.69, 9.17) is 22.6 Å². The normalized spacial score (nSPS) is 11.1. The number of nitriles is 1. The van der Waals surface area contributed by atoms with Crippen LogP contribution in [0.25, 0.3) is 0 Å². The van der Waals surface area contributed by atoms with Gasteiger partial charge in [-0.3, -0.25) is 4.72 Å². The molecule has 0 fully saturated rings. The van der Waals surface area contributed by atoms with Gasteiger partial charge in [0.1, 0.15) is 16.0 Å². The van der Waals surface area contributed by atoms with Crippen LogP contribution in [0.4, 0.5) is 15.1 Å². The standard InChI is InChI=1S/C11H6BrClFN3O2S2/c12-8-6(13)3-7(9(14)10(8)16)21(18,19)17-11-5(4-15)1-2-20-11/h1-3,17H,16H2. The first-order valence-electron chi connectivity index (χ1n) is 5.21. The van der Waals surface area contributed by atoms with E-state index in [1.807, 2.05) is 6.07 Å². The fourth-order valence-corrected chi connectivity index (χ4v) is 4.20. The summed E-state index contributed by atoms with van der Waals surface area (Å²) in [6, 6.07) is 4.22. The molecule has 1 heterocycles. The van der Waals surface area contributed by atoms with Gasteiger partial charge >= 0.3 is 0 Å². The second-order valence-corrected chi connectivity index (χ2v) is 7.55. The van der Waals surface area contributed by atoms with E-state index in [0.29, 0.717) is 0 Å². The van der Waals surface area contributed by atoms with Crippen LogP contribution in [0.5, 0.6) is 0 Å². The maximum Gasteiger partial charge on any atom is 0.265 e. The highest BCUT2D eigenvalue weighted by Crippen LogP contribution is 2.36. The molecule has 0 amide bonds. The minimum Gasteiger partial charge on any atom is -0.395 e. The van der Waals surface area contributed by atoms with Crippen LogP contribution in [0.1, 0.15) is 5.56 Å². The molecule has 3 N–H and O–H groups in total. The van der Waals surface area contributed by atoms with Crippen molar-refractivity contribution in [1.82, 2.24) is 0 Å². The van der Waals surface area contributed by atoms with Crippen molar-refractivity contribution in [2.75, 3.05) is 10.5 Å². The first-order chi connectivity index (χ1) is 9.77. The number of rotatable bonds is 3. The average Bonchev–Trinajstić information content (AvgIpc) is 2.86. The minimum atomic E-state index is -4.26. The summed E-state index contributed by atoms with van der Waals surface area (Å²) in [6.45, 7) is 0. The van der Waals surface area contributed by atoms with Crippen LogP contribution in [0, 0.1) is 17.1 Å². The van der Waals surface area contributed by atoms with E-state index in [0.717, 1.165) is 17.4 Å². The Kier molecular flexibility index (Phi) is 4.43. The Bertz CT molecular complexity index is 861. The Morgan fingerprint density at radius 2 is 2.19 bits per heavy atom. The van der Waals surface area contributed by atoms with Crippen LogP contribution >= 0.6 is 38.9 Å². The number of thiophene rings is 1. The lowest BCUT2D eigenvalue weighted by atomic mass is 10.3. The Morgan fingerprint density at radius 3 is 2.81 bits per heavy atom. The van der Waals surface area contributed by atoms with Crippen LogP contribution in [0.2, 0.25) is 5.02 Å². The average molecular weight is 411 g/mol. The number of nitrogens with two attached hydrogens (primary N) is 1. The second kappa shape index (κ2) is 5.81. The molecule has 0 bridgehead atoms. The van der Waals surface area contributed by atoms with Crippen molar-refractivity contribution in [2.24, 2.45) is 0 Å². The maximum absolute atomic E-state index is 14.1. The van der Waals surface area contributed by atoms with Crippen LogP contribution in [0.3, 0.4) is 0 Å². The molecule has 0 unspecified atom stereocenters. The van der Waals surface area contributed by atoms with Crippen LogP contribution < -0.4 is 10.5 Å². The van der Waals surface area contributed by atoms with Gasteiger partial charge in [0.15, 0.2) is 5.82 Å². The third-order valence-corrected chi connectivity index (χ3v) is 6.15. The van der Waals surface area contributed by atoms with Crippen LogP contribution in [-0.4, -0.2) is 8.42 Å². The summed E-state index contributed by atoms with van der Waals surface area (Å²) in [4.78, 5) is -0.689. The van der Waals surface area contributed by atoms with Crippen LogP contribution in [-0.2, 0) is 10.0 Å². The third kappa shape index (κ3) is 2.98. The summed E-state index contributed by atoms with van der Waals surface area (Å²) in [5.74, 6) is -1.12. The van der Waals surface area contributed by atoms with Gasteiger partial charge in [-0.2, -0.15) is 5.26 Å². The molecule has 1 aromatic carbocycles. The highest BCUT2D eigenvalue weighted by molar-refractivity contribution is 9.10. The number of sulfonamides is 1. The number of nitrogens with one attached hydrogen (secondary N) is 1. The summed E-state index contributed by atoms with van der Waals surface area (Å²) in [5.41, 5.74) is 5.19. The molecule has 0 saturated heterocycles. The van der Waals surface area contributed by atoms with E-state index in [1.165, 1.54) is 11.4 Å². The molecule has 10 heteroatoms. The SMILES string of the molecule is N#Cc1ccsc1NS(=O)(=O)c1cc(Cl)c(Br)c(N)c1F. The number of hydrogen-bond donors (Lipinski definition) is 2. The van der Waals surface area contributed by atoms with Gasteiger partial charge in [0, 0.05) is 0 Å². The Labute approximate surface area is 137 Å². The van der Waals surface area contributed by atoms with Gasteiger partial charge in [-0.15, -0.1) is 11.3 Å². The summed E-state index contributed by atoms with van der Waals surface area (Å²) < 4.78 is 40.7. The summed E-state index contributed by atoms with van der Waals surface area (Å²) >= 11 is 9.77. The summed E-state index contributed by atoms with van der Waals surface area (Å²) in [5, 5.41) is 10.4. The molecule has 0 spiro atoms. The molecule has 1 aromatic heterocycles. The lowest BCUT2D eigenvalue weighted by molar-refractivity contribution is 0.572. The molecule has 0 saturated carbocycles. The van der Waals surface area contributed by atoms with Gasteiger partial charge in [0.05, 0.1) is 20.7 Å². The molecule has 0 atom stereocenters. The first kappa shape index (κ1) is 16.0. The number of nitrogen functional groups attached to an aromatic ring is 1. The van der Waals surface area contributed by atoms with Crippen molar-refractivity contribution in [3.05, 3.63) is 38.4 Å². The predicted octanol–water partition coefficient (Wildman–Crippen LogP) is 3.56. The number of nitrogens with zero attached hydrogens (tertiary/aromatic N) is 1. The number of benzene rings is 1. The van der Waals surface area contributed by atoms with Crippen LogP contribution in [0.15, 0.2) is 26.9 Å². The van der Waals surface area contributed by atoms with Gasteiger partial charge in [0.25, 0.3) is 10.0 Å². The van der Waals surface area contributed by atoms with Crippen molar-refractivity contribution in [3.8, 4) is 6.07 Å². The quantitative estimate of drug-likeness (QED) is 0.597. The number of halogens is 3. The van der Waals surface area contributed by atoms with Gasteiger partial charge in [0.2, 0.25) is 0 Å². The van der Waals surface area contributed by atoms with Crippen molar-refractivity contribution < 1.29 is 12.8 Å². The van der Waals surface area contributed by atoms with E-state index in [1.54, 1.807) is 0 Å². The molecule has 0 aliphatic carbocycles. The van der Waals surface area contributed by atoms with E-state index >= 15 is 0 Å². The van der Waals surface area contributed by atoms with Gasteiger partial charge < -0.3 is 5.73 Å². The molecule has 5 nitrogen and oxygen atoms in total. The Morgan fingerprint density at radius 1 is 1.52 bits per heavy atom. The zero-order valence-corrected chi connectivity index (χ0v) is 14.0. The molecule has 110 valence electrons. The van der Waals surface area contributed by atoms with E-state index in [9.17, 15) is 12.8 Å². The van der Waals surface area contributed by atoms with Gasteiger partial charge in [-0.1, -0.05) is 11.6 Å². The summed E-state index contributed by atoms with van der Waals surface area (Å²) in [6.07, 6.45) is 0. The fourth-order valence-electron chi connectivity index (χ4n) is 1.45. The molecule has 0 aliphatic heterocycles. The highest BCUT2D eigenvalue weighted by Gasteiger charge is 2.25. The van der Waals surface area contributed by atoms with E-state index in [2.05, 4.69) is 20.7 Å². The molecular formula is C11H6BrClFN3O2S2. The molecule has 2 aromatic rings. The second-order valence-electron chi connectivity index (χ2n) is 3.78. The molecule has 0 radical (unpaired) electrons. The monoisotopic (exact) mass is 409 g/mol. The van der Waals surface area contributed by atoms with E-state index in [-0.39, 0.29) is 20.1 Å². The zero-order valence-electron chi connectivity index (χ0n) is 10.0. The first-order valence-corrected chi connectivity index (χ1v) is 8.74. The number of hydrogen-bond acceptors (Lipinski definition) is 5. The highest BCUT2D eigenvalue weighted by atomic mass is 79.9. The zero-order chi connectivity index (χ0) is 15.8. The van der Waals surface area contributed by atoms with Crippen molar-refractivity contribution >= 4 is 59.6 Å². The Balaban J connectivity index is 2.54. The molecule has 21 heavy (non-hydrogen) atoms. The largest absolute Gasteiger partial charge is 0.395 e. The van der Waals surface area contributed by atoms with Crippen molar-refractivity contribution in [1.29, 1.82) is 5.26 Å². The van der Waals surface area contributed by atoms with Crippen molar-refractivity contribution in [3.63, 3.8) is 0 Å². The molecular weight excluding hydrogens is 405 g/mol. The lowest BCUT2D eigenvalue weighted by Crippen LogP contribution is -2.15. The smallest absolute Gasteiger partial charge is 0.265 e. The maximum atomic E-state index is 14.1. The van der Waals surface area contributed by atoms with Gasteiger partial charge in [-0.05, 0) is 33.4 Å². The predicted molar refractivity (Wildman–Crippen MR) is 83.4 cm³/mol. The topological polar surface area (TPSA) is 96.0 Å². The fraction of sp³-hybridized carbons (Fsp3) is 0. The molecule has 2 rings (SSSR count).